The lowest BCUT2D eigenvalue weighted by Gasteiger charge is -2.32. The van der Waals surface area contributed by atoms with Gasteiger partial charge in [-0.1, -0.05) is 55.8 Å². The molecule has 0 aromatic heterocycles. The molecule has 120 valence electrons. The van der Waals surface area contributed by atoms with Crippen molar-refractivity contribution in [1.29, 1.82) is 0 Å². The van der Waals surface area contributed by atoms with E-state index >= 15 is 0 Å². The first-order chi connectivity index (χ1) is 10.5. The van der Waals surface area contributed by atoms with Crippen LogP contribution in [0.2, 0.25) is 0 Å². The first kappa shape index (κ1) is 17.0. The lowest BCUT2D eigenvalue weighted by Crippen LogP contribution is -2.18. The van der Waals surface area contributed by atoms with E-state index in [0.29, 0.717) is 5.41 Å². The number of benzene rings is 1. The number of hydrogen-bond donors (Lipinski definition) is 1. The molecule has 0 fully saturated rings. The van der Waals surface area contributed by atoms with Crippen LogP contribution in [0.25, 0.3) is 6.08 Å². The van der Waals surface area contributed by atoms with Crippen LogP contribution in [0.3, 0.4) is 0 Å². The van der Waals surface area contributed by atoms with E-state index in [9.17, 15) is 0 Å². The molecule has 0 bridgehead atoms. The highest BCUT2D eigenvalue weighted by molar-refractivity contribution is 5.55. The third-order valence-corrected chi connectivity index (χ3v) is 4.86. The van der Waals surface area contributed by atoms with Gasteiger partial charge in [0, 0.05) is 0 Å². The highest BCUT2D eigenvalue weighted by Gasteiger charge is 2.26. The zero-order valence-corrected chi connectivity index (χ0v) is 14.5. The zero-order chi connectivity index (χ0) is 16.0. The number of rotatable bonds is 6. The van der Waals surface area contributed by atoms with Crippen LogP contribution < -0.4 is 5.73 Å². The lowest BCUT2D eigenvalue weighted by atomic mass is 9.72. The van der Waals surface area contributed by atoms with E-state index < -0.39 is 0 Å². The number of allylic oxidation sites excluding steroid dienone is 3. The molecule has 0 amide bonds. The summed E-state index contributed by atoms with van der Waals surface area (Å²) in [6.07, 6.45) is 11.9. The maximum absolute atomic E-state index is 5.57. The molecular weight excluding hydrogens is 266 g/mol. The van der Waals surface area contributed by atoms with Gasteiger partial charge in [-0.05, 0) is 74.1 Å². The van der Waals surface area contributed by atoms with Crippen LogP contribution in [0.5, 0.6) is 0 Å². The molecule has 0 radical (unpaired) electrons. The summed E-state index contributed by atoms with van der Waals surface area (Å²) in [7, 11) is 0. The molecule has 1 aromatic rings. The van der Waals surface area contributed by atoms with Crippen LogP contribution in [0.15, 0.2) is 41.5 Å². The standard InChI is InChI=1S/C21H31N/c1-17-8-7-14-21(2,3)20(17)13-12-19-11-6-10-18(16-19)9-4-5-15-22/h6,10-13,16H,4-5,7-9,14-15,22H2,1-3H3/b13-12+. The Balaban J connectivity index is 2.11. The van der Waals surface area contributed by atoms with Crippen molar-refractivity contribution in [1.82, 2.24) is 0 Å². The average molecular weight is 297 g/mol. The van der Waals surface area contributed by atoms with Gasteiger partial charge in [0.2, 0.25) is 0 Å². The molecule has 0 saturated carbocycles. The molecule has 22 heavy (non-hydrogen) atoms. The second-order valence-corrected chi connectivity index (χ2v) is 7.26. The molecule has 1 heteroatoms. The highest BCUT2D eigenvalue weighted by Crippen LogP contribution is 2.40. The van der Waals surface area contributed by atoms with Crippen molar-refractivity contribution >= 4 is 6.08 Å². The minimum Gasteiger partial charge on any atom is -0.330 e. The monoisotopic (exact) mass is 297 g/mol. The molecule has 2 N–H and O–H groups in total. The summed E-state index contributed by atoms with van der Waals surface area (Å²) in [5.74, 6) is 0. The Morgan fingerprint density at radius 2 is 2.00 bits per heavy atom. The number of aryl methyl sites for hydroxylation is 1. The van der Waals surface area contributed by atoms with E-state index in [4.69, 9.17) is 5.73 Å². The Labute approximate surface area is 136 Å². The van der Waals surface area contributed by atoms with Crippen LogP contribution in [-0.4, -0.2) is 6.54 Å². The molecule has 0 saturated heterocycles. The molecule has 0 heterocycles. The molecule has 1 aromatic carbocycles. The molecule has 0 spiro atoms. The summed E-state index contributed by atoms with van der Waals surface area (Å²) in [6, 6.07) is 8.92. The molecule has 0 aliphatic heterocycles. The fraction of sp³-hybridized carbons (Fsp3) is 0.524. The van der Waals surface area contributed by atoms with Crippen molar-refractivity contribution < 1.29 is 0 Å². The zero-order valence-electron chi connectivity index (χ0n) is 14.5. The molecule has 2 rings (SSSR count). The topological polar surface area (TPSA) is 26.0 Å². The van der Waals surface area contributed by atoms with E-state index in [-0.39, 0.29) is 0 Å². The summed E-state index contributed by atoms with van der Waals surface area (Å²) in [4.78, 5) is 0. The molecular formula is C21H31N. The molecule has 0 unspecified atom stereocenters. The van der Waals surface area contributed by atoms with Crippen molar-refractivity contribution in [2.24, 2.45) is 11.1 Å². The second-order valence-electron chi connectivity index (χ2n) is 7.26. The van der Waals surface area contributed by atoms with E-state index in [1.54, 1.807) is 5.57 Å². The van der Waals surface area contributed by atoms with Crippen molar-refractivity contribution in [3.63, 3.8) is 0 Å². The SMILES string of the molecule is CC1=C(/C=C/c2cccc(CCCCN)c2)C(C)(C)CCC1. The minimum atomic E-state index is 0.317. The lowest BCUT2D eigenvalue weighted by molar-refractivity contribution is 0.377. The van der Waals surface area contributed by atoms with Gasteiger partial charge in [0.15, 0.2) is 0 Å². The van der Waals surface area contributed by atoms with E-state index in [0.717, 1.165) is 19.4 Å². The molecule has 1 nitrogen and oxygen atoms in total. The van der Waals surface area contributed by atoms with Crippen LogP contribution in [0.4, 0.5) is 0 Å². The largest absolute Gasteiger partial charge is 0.330 e. The van der Waals surface area contributed by atoms with Gasteiger partial charge in [0.05, 0.1) is 0 Å². The summed E-state index contributed by atoms with van der Waals surface area (Å²) in [6.45, 7) is 7.84. The quantitative estimate of drug-likeness (QED) is 0.689. The molecule has 0 atom stereocenters. The van der Waals surface area contributed by atoms with Gasteiger partial charge in [0.1, 0.15) is 0 Å². The maximum atomic E-state index is 5.57. The van der Waals surface area contributed by atoms with Crippen LogP contribution in [0.1, 0.15) is 64.0 Å². The predicted molar refractivity (Wildman–Crippen MR) is 97.8 cm³/mol. The van der Waals surface area contributed by atoms with Crippen LogP contribution in [0, 0.1) is 5.41 Å². The van der Waals surface area contributed by atoms with Gasteiger partial charge in [-0.25, -0.2) is 0 Å². The van der Waals surface area contributed by atoms with Gasteiger partial charge >= 0.3 is 0 Å². The fourth-order valence-electron chi connectivity index (χ4n) is 3.52. The average Bonchev–Trinajstić information content (AvgIpc) is 2.47. The second kappa shape index (κ2) is 7.78. The normalized spacial score (nSPS) is 18.2. The third-order valence-electron chi connectivity index (χ3n) is 4.86. The van der Waals surface area contributed by atoms with Crippen molar-refractivity contribution in [2.75, 3.05) is 6.54 Å². The number of unbranched alkanes of at least 4 members (excludes halogenated alkanes) is 1. The van der Waals surface area contributed by atoms with Gasteiger partial charge in [-0.3, -0.25) is 0 Å². The van der Waals surface area contributed by atoms with Gasteiger partial charge < -0.3 is 5.73 Å². The van der Waals surface area contributed by atoms with E-state index in [1.165, 1.54) is 42.4 Å². The summed E-state index contributed by atoms with van der Waals surface area (Å²) in [5, 5.41) is 0. The minimum absolute atomic E-state index is 0.317. The first-order valence-corrected chi connectivity index (χ1v) is 8.70. The van der Waals surface area contributed by atoms with Crippen molar-refractivity contribution in [3.8, 4) is 0 Å². The molecule has 1 aliphatic carbocycles. The smallest absolute Gasteiger partial charge is 0.00772 e. The predicted octanol–water partition coefficient (Wildman–Crippen LogP) is 5.51. The van der Waals surface area contributed by atoms with Gasteiger partial charge in [0.25, 0.3) is 0 Å². The summed E-state index contributed by atoms with van der Waals surface area (Å²) in [5.41, 5.74) is 11.7. The Morgan fingerprint density at radius 3 is 2.73 bits per heavy atom. The Bertz CT molecular complexity index is 549. The number of nitrogens with two attached hydrogens (primary N) is 1. The van der Waals surface area contributed by atoms with Crippen LogP contribution in [-0.2, 0) is 6.42 Å². The summed E-state index contributed by atoms with van der Waals surface area (Å²) < 4.78 is 0. The number of hydrogen-bond acceptors (Lipinski definition) is 1. The van der Waals surface area contributed by atoms with E-state index in [1.807, 2.05) is 0 Å². The Hall–Kier alpha value is -1.34. The molecule has 1 aliphatic rings. The highest BCUT2D eigenvalue weighted by atomic mass is 14.5. The van der Waals surface area contributed by atoms with E-state index in [2.05, 4.69) is 57.2 Å². The first-order valence-electron chi connectivity index (χ1n) is 8.70. The van der Waals surface area contributed by atoms with Gasteiger partial charge in [-0.2, -0.15) is 0 Å². The fourth-order valence-corrected chi connectivity index (χ4v) is 3.52. The van der Waals surface area contributed by atoms with Crippen LogP contribution >= 0.6 is 0 Å². The summed E-state index contributed by atoms with van der Waals surface area (Å²) >= 11 is 0. The third kappa shape index (κ3) is 4.58. The maximum Gasteiger partial charge on any atom is -0.00772 e. The Kier molecular flexibility index (Phi) is 6.02. The van der Waals surface area contributed by atoms with Crippen molar-refractivity contribution in [2.45, 2.75) is 59.3 Å². The van der Waals surface area contributed by atoms with Crippen molar-refractivity contribution in [3.05, 3.63) is 52.6 Å². The van der Waals surface area contributed by atoms with Gasteiger partial charge in [-0.15, -0.1) is 0 Å². The Morgan fingerprint density at radius 1 is 1.18 bits per heavy atom.